The van der Waals surface area contributed by atoms with E-state index in [1.54, 1.807) is 0 Å². The van der Waals surface area contributed by atoms with E-state index >= 15 is 0 Å². The molecule has 1 fully saturated rings. The van der Waals surface area contributed by atoms with Crippen molar-refractivity contribution in [3.05, 3.63) is 0 Å². The standard InChI is InChI=1S/C10H13Cl3O2/c1-2-9(6-4-3-5-7-9)15-8(14)10(11,12)13/h1,8,14H,3-7H2/t8-/m1/s1. The molecule has 0 saturated heterocycles. The van der Waals surface area contributed by atoms with Crippen LogP contribution in [0.25, 0.3) is 0 Å². The van der Waals surface area contributed by atoms with Crippen molar-refractivity contribution in [3.63, 3.8) is 0 Å². The average Bonchev–Trinajstić information content (AvgIpc) is 2.18. The number of terminal acetylenes is 1. The predicted molar refractivity (Wildman–Crippen MR) is 62.0 cm³/mol. The average molecular weight is 272 g/mol. The highest BCUT2D eigenvalue weighted by Crippen LogP contribution is 2.37. The Kier molecular flexibility index (Phi) is 4.58. The van der Waals surface area contributed by atoms with E-state index < -0.39 is 15.7 Å². The van der Waals surface area contributed by atoms with Gasteiger partial charge in [-0.3, -0.25) is 0 Å². The van der Waals surface area contributed by atoms with Crippen LogP contribution in [-0.2, 0) is 4.74 Å². The van der Waals surface area contributed by atoms with Crippen LogP contribution in [0.15, 0.2) is 0 Å². The molecule has 15 heavy (non-hydrogen) atoms. The van der Waals surface area contributed by atoms with Crippen molar-refractivity contribution in [1.29, 1.82) is 0 Å². The van der Waals surface area contributed by atoms with E-state index in [0.717, 1.165) is 19.3 Å². The van der Waals surface area contributed by atoms with Gasteiger partial charge in [0.25, 0.3) is 0 Å². The van der Waals surface area contributed by atoms with Crippen LogP contribution in [0.5, 0.6) is 0 Å². The highest BCUT2D eigenvalue weighted by Gasteiger charge is 2.40. The molecule has 1 atom stereocenters. The van der Waals surface area contributed by atoms with Crippen LogP contribution in [0.4, 0.5) is 0 Å². The zero-order valence-corrected chi connectivity index (χ0v) is 10.4. The molecule has 0 radical (unpaired) electrons. The van der Waals surface area contributed by atoms with Gasteiger partial charge in [-0.1, -0.05) is 47.1 Å². The van der Waals surface area contributed by atoms with E-state index in [1.807, 2.05) is 0 Å². The number of hydrogen-bond acceptors (Lipinski definition) is 2. The summed E-state index contributed by atoms with van der Waals surface area (Å²) in [5.74, 6) is 2.56. The maximum Gasteiger partial charge on any atom is 0.240 e. The molecule has 0 bridgehead atoms. The summed E-state index contributed by atoms with van der Waals surface area (Å²) < 4.78 is 3.46. The van der Waals surface area contributed by atoms with Crippen molar-refractivity contribution in [1.82, 2.24) is 0 Å². The first-order chi connectivity index (χ1) is 6.90. The number of hydrogen-bond donors (Lipinski definition) is 1. The Morgan fingerprint density at radius 3 is 2.20 bits per heavy atom. The highest BCUT2D eigenvalue weighted by atomic mass is 35.6. The minimum absolute atomic E-state index is 0.696. The molecule has 0 unspecified atom stereocenters. The maximum atomic E-state index is 9.52. The van der Waals surface area contributed by atoms with Gasteiger partial charge in [0.15, 0.2) is 0 Å². The third-order valence-corrected chi connectivity index (χ3v) is 3.10. The molecule has 1 saturated carbocycles. The summed E-state index contributed by atoms with van der Waals surface area (Å²) in [7, 11) is 0. The van der Waals surface area contributed by atoms with Gasteiger partial charge in [-0.2, -0.15) is 0 Å². The molecule has 0 heterocycles. The van der Waals surface area contributed by atoms with E-state index in [1.165, 1.54) is 0 Å². The first-order valence-corrected chi connectivity index (χ1v) is 5.93. The monoisotopic (exact) mass is 270 g/mol. The van der Waals surface area contributed by atoms with Crippen LogP contribution in [0.3, 0.4) is 0 Å². The summed E-state index contributed by atoms with van der Waals surface area (Å²) >= 11 is 16.5. The van der Waals surface area contributed by atoms with Gasteiger partial charge in [-0.25, -0.2) is 0 Å². The molecular formula is C10H13Cl3O2. The fraction of sp³-hybridized carbons (Fsp3) is 0.800. The summed E-state index contributed by atoms with van der Waals surface area (Å²) in [4.78, 5) is 0. The number of rotatable bonds is 2. The summed E-state index contributed by atoms with van der Waals surface area (Å²) in [6.45, 7) is 0. The fourth-order valence-electron chi connectivity index (χ4n) is 1.70. The van der Waals surface area contributed by atoms with E-state index in [0.29, 0.717) is 12.8 Å². The van der Waals surface area contributed by atoms with Crippen LogP contribution in [-0.4, -0.2) is 20.8 Å². The molecule has 1 rings (SSSR count). The fourth-order valence-corrected chi connectivity index (χ4v) is 1.83. The smallest absolute Gasteiger partial charge is 0.240 e. The molecule has 5 heteroatoms. The zero-order valence-electron chi connectivity index (χ0n) is 8.18. The van der Waals surface area contributed by atoms with Crippen molar-refractivity contribution in [2.24, 2.45) is 0 Å². The van der Waals surface area contributed by atoms with Crippen LogP contribution in [0, 0.1) is 12.3 Å². The molecule has 0 aliphatic heterocycles. The first kappa shape index (κ1) is 13.4. The molecule has 2 nitrogen and oxygen atoms in total. The lowest BCUT2D eigenvalue weighted by Crippen LogP contribution is -2.42. The quantitative estimate of drug-likeness (QED) is 0.475. The van der Waals surface area contributed by atoms with Crippen LogP contribution in [0.1, 0.15) is 32.1 Å². The lowest BCUT2D eigenvalue weighted by atomic mass is 9.85. The van der Waals surface area contributed by atoms with E-state index in [2.05, 4.69) is 5.92 Å². The van der Waals surface area contributed by atoms with Crippen molar-refractivity contribution in [2.75, 3.05) is 0 Å². The summed E-state index contributed by atoms with van der Waals surface area (Å²) in [6, 6.07) is 0. The first-order valence-electron chi connectivity index (χ1n) is 4.80. The lowest BCUT2D eigenvalue weighted by Gasteiger charge is -2.35. The molecule has 1 aliphatic carbocycles. The van der Waals surface area contributed by atoms with Crippen LogP contribution >= 0.6 is 34.8 Å². The topological polar surface area (TPSA) is 29.5 Å². The second kappa shape index (κ2) is 5.12. The minimum atomic E-state index is -1.86. The highest BCUT2D eigenvalue weighted by molar-refractivity contribution is 6.67. The van der Waals surface area contributed by atoms with Gasteiger partial charge in [-0.05, 0) is 25.7 Å². The third kappa shape index (κ3) is 3.69. The number of alkyl halides is 3. The van der Waals surface area contributed by atoms with Crippen LogP contribution in [0.2, 0.25) is 0 Å². The van der Waals surface area contributed by atoms with E-state index in [4.69, 9.17) is 46.0 Å². The number of halogens is 3. The van der Waals surface area contributed by atoms with Crippen LogP contribution < -0.4 is 0 Å². The predicted octanol–water partition coefficient (Wildman–Crippen LogP) is 3.03. The minimum Gasteiger partial charge on any atom is -0.365 e. The second-order valence-corrected chi connectivity index (χ2v) is 6.08. The van der Waals surface area contributed by atoms with Gasteiger partial charge in [0, 0.05) is 0 Å². The molecular weight excluding hydrogens is 258 g/mol. The Morgan fingerprint density at radius 2 is 1.80 bits per heavy atom. The maximum absolute atomic E-state index is 9.52. The summed E-state index contributed by atoms with van der Waals surface area (Å²) in [5.41, 5.74) is -0.776. The zero-order chi connectivity index (χ0) is 11.5. The largest absolute Gasteiger partial charge is 0.365 e. The van der Waals surface area contributed by atoms with Crippen molar-refractivity contribution >= 4 is 34.8 Å². The lowest BCUT2D eigenvalue weighted by molar-refractivity contribution is -0.170. The van der Waals surface area contributed by atoms with E-state index in [9.17, 15) is 5.11 Å². The van der Waals surface area contributed by atoms with Gasteiger partial charge in [0.05, 0.1) is 0 Å². The van der Waals surface area contributed by atoms with Gasteiger partial charge in [0.1, 0.15) is 5.60 Å². The molecule has 1 N–H and O–H groups in total. The van der Waals surface area contributed by atoms with Crippen molar-refractivity contribution in [2.45, 2.75) is 47.8 Å². The Balaban J connectivity index is 2.64. The molecule has 0 aromatic rings. The van der Waals surface area contributed by atoms with E-state index in [-0.39, 0.29) is 0 Å². The molecule has 0 spiro atoms. The van der Waals surface area contributed by atoms with Gasteiger partial charge < -0.3 is 9.84 Å². The van der Waals surface area contributed by atoms with Gasteiger partial charge >= 0.3 is 0 Å². The molecule has 1 aliphatic rings. The Labute approximate surface area is 105 Å². The van der Waals surface area contributed by atoms with Crippen molar-refractivity contribution < 1.29 is 9.84 Å². The van der Waals surface area contributed by atoms with Crippen molar-refractivity contribution in [3.8, 4) is 12.3 Å². The molecule has 0 aromatic carbocycles. The SMILES string of the molecule is C#CC1(O[C@@H](O)C(Cl)(Cl)Cl)CCCCC1. The Morgan fingerprint density at radius 1 is 1.27 bits per heavy atom. The molecule has 0 aromatic heterocycles. The molecule has 86 valence electrons. The van der Waals surface area contributed by atoms with Gasteiger partial charge in [0.2, 0.25) is 10.1 Å². The third-order valence-electron chi connectivity index (χ3n) is 2.54. The number of ether oxygens (including phenoxy) is 1. The number of aliphatic hydroxyl groups is 1. The van der Waals surface area contributed by atoms with Gasteiger partial charge in [-0.15, -0.1) is 6.42 Å². The Bertz CT molecular complexity index is 248. The second-order valence-electron chi connectivity index (χ2n) is 3.71. The normalized spacial score (nSPS) is 23.1. The number of aliphatic hydroxyl groups excluding tert-OH is 1. The molecule has 0 amide bonds. The summed E-state index contributed by atoms with van der Waals surface area (Å²) in [5, 5.41) is 9.52. The summed E-state index contributed by atoms with van der Waals surface area (Å²) in [6.07, 6.45) is 8.38. The Hall–Kier alpha value is 0.350.